The normalized spacial score (nSPS) is 13.5. The lowest BCUT2D eigenvalue weighted by molar-refractivity contribution is -0.125. The Morgan fingerprint density at radius 2 is 1.95 bits per heavy atom. The molecule has 0 spiro atoms. The molecule has 110 valence electrons. The highest BCUT2D eigenvalue weighted by molar-refractivity contribution is 5.67. The van der Waals surface area contributed by atoms with E-state index in [1.807, 2.05) is 0 Å². The second kappa shape index (κ2) is 7.19. The lowest BCUT2D eigenvalue weighted by atomic mass is 10.2. The van der Waals surface area contributed by atoms with E-state index in [0.717, 1.165) is 0 Å². The number of alkyl halides is 3. The average Bonchev–Trinajstić information content (AvgIpc) is 2.19. The third-order valence-corrected chi connectivity index (χ3v) is 1.81. The van der Waals surface area contributed by atoms with Gasteiger partial charge in [0.25, 0.3) is 0 Å². The number of hydrogen-bond donors (Lipinski definition) is 2. The zero-order valence-electron chi connectivity index (χ0n) is 11.1. The summed E-state index contributed by atoms with van der Waals surface area (Å²) in [5.74, 6) is 0. The van der Waals surface area contributed by atoms with Gasteiger partial charge in [0.2, 0.25) is 0 Å². The number of nitrogens with zero attached hydrogens (tertiary/aromatic N) is 1. The Hall–Kier alpha value is -1.49. The molecule has 0 aliphatic carbocycles. The van der Waals surface area contributed by atoms with Crippen LogP contribution in [0.25, 0.3) is 0 Å². The number of carbonyl (C=O) groups excluding carboxylic acids is 1. The maximum Gasteiger partial charge on any atom is 0.407 e. The van der Waals surface area contributed by atoms with Crippen LogP contribution >= 0.6 is 0 Å². The number of carbonyl (C=O) groups is 1. The van der Waals surface area contributed by atoms with Crippen LogP contribution in [-0.2, 0) is 4.74 Å². The summed E-state index contributed by atoms with van der Waals surface area (Å²) in [7, 11) is 0. The van der Waals surface area contributed by atoms with Crippen molar-refractivity contribution in [3.63, 3.8) is 0 Å². The van der Waals surface area contributed by atoms with Gasteiger partial charge in [-0.2, -0.15) is 18.4 Å². The zero-order chi connectivity index (χ0) is 15.1. The first kappa shape index (κ1) is 17.5. The standard InChI is InChI=1S/C11H18F3N3O2/c1-10(2,3)19-9(18)16-5-4-8(6-15)17-7-11(12,13)14/h8,17H,4-5,7H2,1-3H3,(H,16,18). The number of alkyl carbamates (subject to hydrolysis) is 1. The number of hydrogen-bond acceptors (Lipinski definition) is 4. The van der Waals surface area contributed by atoms with Crippen LogP contribution in [0.2, 0.25) is 0 Å². The fourth-order valence-corrected chi connectivity index (χ4v) is 1.08. The molecule has 0 aliphatic rings. The third-order valence-electron chi connectivity index (χ3n) is 1.81. The Morgan fingerprint density at radius 3 is 2.37 bits per heavy atom. The van der Waals surface area contributed by atoms with Crippen molar-refractivity contribution < 1.29 is 22.7 Å². The van der Waals surface area contributed by atoms with Crippen molar-refractivity contribution in [2.24, 2.45) is 0 Å². The second-order valence-electron chi connectivity index (χ2n) is 4.90. The van der Waals surface area contributed by atoms with Crippen LogP contribution in [0.3, 0.4) is 0 Å². The van der Waals surface area contributed by atoms with Crippen molar-refractivity contribution in [3.05, 3.63) is 0 Å². The van der Waals surface area contributed by atoms with E-state index in [9.17, 15) is 18.0 Å². The van der Waals surface area contributed by atoms with E-state index in [1.54, 1.807) is 26.8 Å². The highest BCUT2D eigenvalue weighted by Crippen LogP contribution is 2.12. The van der Waals surface area contributed by atoms with E-state index in [0.29, 0.717) is 0 Å². The minimum absolute atomic E-state index is 0.0536. The molecule has 1 unspecified atom stereocenters. The molecule has 0 aromatic heterocycles. The molecule has 0 saturated heterocycles. The molecule has 1 amide bonds. The van der Waals surface area contributed by atoms with E-state index < -0.39 is 30.5 Å². The Labute approximate surface area is 110 Å². The van der Waals surface area contributed by atoms with Gasteiger partial charge in [-0.25, -0.2) is 4.79 Å². The van der Waals surface area contributed by atoms with Crippen molar-refractivity contribution in [1.82, 2.24) is 10.6 Å². The fraction of sp³-hybridized carbons (Fsp3) is 0.818. The average molecular weight is 281 g/mol. The lowest BCUT2D eigenvalue weighted by Crippen LogP contribution is -2.39. The molecule has 0 radical (unpaired) electrons. The third kappa shape index (κ3) is 11.3. The maximum atomic E-state index is 11.9. The van der Waals surface area contributed by atoms with Crippen LogP contribution in [0, 0.1) is 11.3 Å². The van der Waals surface area contributed by atoms with E-state index in [4.69, 9.17) is 10.00 Å². The van der Waals surface area contributed by atoms with Gasteiger partial charge in [-0.3, -0.25) is 5.32 Å². The molecule has 1 atom stereocenters. The number of rotatable bonds is 5. The van der Waals surface area contributed by atoms with Gasteiger partial charge < -0.3 is 10.1 Å². The SMILES string of the molecule is CC(C)(C)OC(=O)NCCC(C#N)NCC(F)(F)F. The lowest BCUT2D eigenvalue weighted by Gasteiger charge is -2.20. The molecular weight excluding hydrogens is 263 g/mol. The largest absolute Gasteiger partial charge is 0.444 e. The molecule has 0 saturated carbocycles. The molecule has 5 nitrogen and oxygen atoms in total. The monoisotopic (exact) mass is 281 g/mol. The summed E-state index contributed by atoms with van der Waals surface area (Å²) >= 11 is 0. The van der Waals surface area contributed by atoms with Crippen LogP contribution in [0.4, 0.5) is 18.0 Å². The first-order valence-electron chi connectivity index (χ1n) is 5.70. The van der Waals surface area contributed by atoms with Crippen molar-refractivity contribution in [2.45, 2.75) is 45.0 Å². The first-order chi connectivity index (χ1) is 8.53. The quantitative estimate of drug-likeness (QED) is 0.807. The smallest absolute Gasteiger partial charge is 0.407 e. The topological polar surface area (TPSA) is 74.1 Å². The predicted octanol–water partition coefficient (Wildman–Crippen LogP) is 1.95. The molecule has 2 N–H and O–H groups in total. The van der Waals surface area contributed by atoms with E-state index >= 15 is 0 Å². The van der Waals surface area contributed by atoms with Gasteiger partial charge in [0.15, 0.2) is 0 Å². The molecule has 19 heavy (non-hydrogen) atoms. The predicted molar refractivity (Wildman–Crippen MR) is 62.3 cm³/mol. The summed E-state index contributed by atoms with van der Waals surface area (Å²) < 4.78 is 40.7. The Morgan fingerprint density at radius 1 is 1.37 bits per heavy atom. The van der Waals surface area contributed by atoms with Gasteiger partial charge in [-0.1, -0.05) is 0 Å². The van der Waals surface area contributed by atoms with Crippen LogP contribution in [0.15, 0.2) is 0 Å². The minimum atomic E-state index is -4.37. The second-order valence-corrected chi connectivity index (χ2v) is 4.90. The van der Waals surface area contributed by atoms with E-state index in [1.165, 1.54) is 0 Å². The van der Waals surface area contributed by atoms with Gasteiger partial charge in [0.1, 0.15) is 5.60 Å². The molecule has 8 heteroatoms. The van der Waals surface area contributed by atoms with Crippen molar-refractivity contribution in [1.29, 1.82) is 5.26 Å². The minimum Gasteiger partial charge on any atom is -0.444 e. The van der Waals surface area contributed by atoms with Crippen LogP contribution in [-0.4, -0.2) is 37.0 Å². The van der Waals surface area contributed by atoms with Crippen LogP contribution in [0.1, 0.15) is 27.2 Å². The number of halogens is 3. The summed E-state index contributed by atoms with van der Waals surface area (Å²) in [4.78, 5) is 11.2. The van der Waals surface area contributed by atoms with Gasteiger partial charge in [-0.05, 0) is 27.2 Å². The van der Waals surface area contributed by atoms with Gasteiger partial charge in [0, 0.05) is 6.54 Å². The van der Waals surface area contributed by atoms with Gasteiger partial charge in [-0.15, -0.1) is 0 Å². The van der Waals surface area contributed by atoms with Gasteiger partial charge >= 0.3 is 12.3 Å². The molecule has 0 aromatic rings. The van der Waals surface area contributed by atoms with Crippen molar-refractivity contribution in [2.75, 3.05) is 13.1 Å². The summed E-state index contributed by atoms with van der Waals surface area (Å²) in [6, 6.07) is 0.718. The van der Waals surface area contributed by atoms with Crippen LogP contribution in [0.5, 0.6) is 0 Å². The summed E-state index contributed by atoms with van der Waals surface area (Å²) in [6.07, 6.45) is -4.97. The number of nitrogens with one attached hydrogen (secondary N) is 2. The summed E-state index contributed by atoms with van der Waals surface area (Å²) in [5.41, 5.74) is -0.646. The van der Waals surface area contributed by atoms with E-state index in [2.05, 4.69) is 10.6 Å². The molecule has 0 aliphatic heterocycles. The maximum absolute atomic E-state index is 11.9. The first-order valence-corrected chi connectivity index (χ1v) is 5.70. The molecular formula is C11H18F3N3O2. The Bertz CT molecular complexity index is 332. The number of amides is 1. The molecule has 0 heterocycles. The molecule has 0 rings (SSSR count). The fourth-order valence-electron chi connectivity index (χ4n) is 1.08. The Balaban J connectivity index is 3.91. The molecule has 0 fully saturated rings. The summed E-state index contributed by atoms with van der Waals surface area (Å²) in [6.45, 7) is 3.89. The number of nitriles is 1. The molecule has 0 bridgehead atoms. The number of ether oxygens (including phenoxy) is 1. The van der Waals surface area contributed by atoms with E-state index in [-0.39, 0.29) is 13.0 Å². The Kier molecular flexibility index (Phi) is 6.62. The highest BCUT2D eigenvalue weighted by Gasteiger charge is 2.28. The summed E-state index contributed by atoms with van der Waals surface area (Å²) in [5, 5.41) is 13.1. The van der Waals surface area contributed by atoms with Crippen LogP contribution < -0.4 is 10.6 Å². The zero-order valence-corrected chi connectivity index (χ0v) is 11.1. The van der Waals surface area contributed by atoms with Crippen molar-refractivity contribution in [3.8, 4) is 6.07 Å². The highest BCUT2D eigenvalue weighted by atomic mass is 19.4. The molecule has 0 aromatic carbocycles. The van der Waals surface area contributed by atoms with Crippen molar-refractivity contribution >= 4 is 6.09 Å². The van der Waals surface area contributed by atoms with Gasteiger partial charge in [0.05, 0.1) is 18.7 Å².